The van der Waals surface area contributed by atoms with Crippen LogP contribution in [0.2, 0.25) is 5.02 Å². The maximum atomic E-state index is 10.8. The lowest BCUT2D eigenvalue weighted by atomic mass is 10.0. The fourth-order valence-corrected chi connectivity index (χ4v) is 1.92. The molecular formula is C11H12ClNO5. The minimum Gasteiger partial charge on any atom is -0.506 e. The second-order valence-electron chi connectivity index (χ2n) is 3.86. The molecule has 98 valence electrons. The van der Waals surface area contributed by atoms with Gasteiger partial charge in [0.25, 0.3) is 0 Å². The first-order valence-corrected chi connectivity index (χ1v) is 5.67. The molecule has 0 bridgehead atoms. The van der Waals surface area contributed by atoms with Gasteiger partial charge in [-0.2, -0.15) is 0 Å². The smallest absolute Gasteiger partial charge is 0.320 e. The highest BCUT2D eigenvalue weighted by molar-refractivity contribution is 6.32. The zero-order valence-corrected chi connectivity index (χ0v) is 10.1. The van der Waals surface area contributed by atoms with E-state index >= 15 is 0 Å². The summed E-state index contributed by atoms with van der Waals surface area (Å²) in [6.07, 6.45) is -0.0899. The number of carboxylic acids is 1. The molecule has 7 heteroatoms. The number of aliphatic carboxylic acids is 1. The third-order valence-corrected chi connectivity index (χ3v) is 2.88. The van der Waals surface area contributed by atoms with E-state index in [1.165, 1.54) is 6.07 Å². The van der Waals surface area contributed by atoms with Crippen LogP contribution < -0.4 is 15.2 Å². The highest BCUT2D eigenvalue weighted by Crippen LogP contribution is 2.44. The van der Waals surface area contributed by atoms with Crippen molar-refractivity contribution in [2.24, 2.45) is 5.73 Å². The molecule has 1 atom stereocenters. The van der Waals surface area contributed by atoms with Crippen LogP contribution in [0.4, 0.5) is 0 Å². The predicted octanol–water partition coefficient (Wildman–Crippen LogP) is 0.771. The molecule has 1 aliphatic heterocycles. The number of phenolic OH excluding ortho intramolecular Hbond substituents is 1. The van der Waals surface area contributed by atoms with E-state index < -0.39 is 12.0 Å². The number of carbonyl (C=O) groups is 1. The largest absolute Gasteiger partial charge is 0.506 e. The highest BCUT2D eigenvalue weighted by Gasteiger charge is 2.25. The summed E-state index contributed by atoms with van der Waals surface area (Å²) in [5, 5.41) is 18.7. The minimum atomic E-state index is -1.17. The number of ether oxygens (including phenoxy) is 2. The number of fused-ring (bicyclic) bond motifs is 1. The predicted molar refractivity (Wildman–Crippen MR) is 63.4 cm³/mol. The molecule has 1 aromatic carbocycles. The molecule has 0 amide bonds. The van der Waals surface area contributed by atoms with Gasteiger partial charge in [0.15, 0.2) is 11.5 Å². The summed E-state index contributed by atoms with van der Waals surface area (Å²) in [6, 6.07) is 0.283. The molecule has 1 unspecified atom stereocenters. The number of aromatic hydroxyl groups is 1. The average Bonchev–Trinajstić information content (AvgIpc) is 2.34. The van der Waals surface area contributed by atoms with E-state index in [0.29, 0.717) is 24.7 Å². The molecule has 0 saturated carbocycles. The van der Waals surface area contributed by atoms with E-state index in [2.05, 4.69) is 0 Å². The van der Waals surface area contributed by atoms with E-state index in [9.17, 15) is 9.90 Å². The molecule has 0 spiro atoms. The van der Waals surface area contributed by atoms with E-state index in [1.54, 1.807) is 0 Å². The van der Waals surface area contributed by atoms with E-state index in [1.807, 2.05) is 0 Å². The Morgan fingerprint density at radius 1 is 1.50 bits per heavy atom. The van der Waals surface area contributed by atoms with Crippen LogP contribution in [-0.4, -0.2) is 35.4 Å². The second-order valence-corrected chi connectivity index (χ2v) is 4.27. The van der Waals surface area contributed by atoms with Gasteiger partial charge >= 0.3 is 5.97 Å². The summed E-state index contributed by atoms with van der Waals surface area (Å²) in [6.45, 7) is 0.696. The van der Waals surface area contributed by atoms with Gasteiger partial charge in [0.2, 0.25) is 0 Å². The summed E-state index contributed by atoms with van der Waals surface area (Å²) in [5.74, 6) is -0.700. The van der Waals surface area contributed by atoms with Gasteiger partial charge in [-0.25, -0.2) is 0 Å². The molecule has 18 heavy (non-hydrogen) atoms. The average molecular weight is 274 g/mol. The molecule has 4 N–H and O–H groups in total. The fourth-order valence-electron chi connectivity index (χ4n) is 1.71. The van der Waals surface area contributed by atoms with Gasteiger partial charge in [-0.1, -0.05) is 11.6 Å². The first-order chi connectivity index (χ1) is 8.50. The van der Waals surface area contributed by atoms with Crippen LogP contribution in [0.25, 0.3) is 0 Å². The maximum Gasteiger partial charge on any atom is 0.320 e. The van der Waals surface area contributed by atoms with Crippen molar-refractivity contribution < 1.29 is 24.5 Å². The number of nitrogens with two attached hydrogens (primary N) is 1. The minimum absolute atomic E-state index is 0.0758. The fraction of sp³-hybridized carbons (Fsp3) is 0.364. The van der Waals surface area contributed by atoms with Crippen molar-refractivity contribution in [3.05, 3.63) is 16.7 Å². The molecule has 0 radical (unpaired) electrons. The van der Waals surface area contributed by atoms with Crippen LogP contribution in [0.5, 0.6) is 17.2 Å². The second kappa shape index (κ2) is 4.91. The van der Waals surface area contributed by atoms with Crippen molar-refractivity contribution >= 4 is 17.6 Å². The normalized spacial score (nSPS) is 15.2. The Morgan fingerprint density at radius 2 is 2.17 bits per heavy atom. The Morgan fingerprint density at radius 3 is 2.83 bits per heavy atom. The maximum absolute atomic E-state index is 10.8. The van der Waals surface area contributed by atoms with E-state index in [-0.39, 0.29) is 22.8 Å². The third-order valence-electron chi connectivity index (χ3n) is 2.60. The van der Waals surface area contributed by atoms with E-state index in [4.69, 9.17) is 31.9 Å². The van der Waals surface area contributed by atoms with Crippen LogP contribution in [0.15, 0.2) is 6.07 Å². The van der Waals surface area contributed by atoms with Crippen LogP contribution >= 0.6 is 11.6 Å². The number of carboxylic acid groups (broad SMARTS) is 1. The lowest BCUT2D eigenvalue weighted by molar-refractivity contribution is -0.138. The van der Waals surface area contributed by atoms with Crippen molar-refractivity contribution in [1.82, 2.24) is 0 Å². The van der Waals surface area contributed by atoms with Gasteiger partial charge in [0, 0.05) is 18.1 Å². The molecule has 1 heterocycles. The summed E-state index contributed by atoms with van der Waals surface area (Å²) in [5.41, 5.74) is 5.71. The molecule has 6 nitrogen and oxygen atoms in total. The molecule has 0 aromatic heterocycles. The number of halogens is 1. The summed E-state index contributed by atoms with van der Waals surface area (Å²) in [4.78, 5) is 10.8. The monoisotopic (exact) mass is 273 g/mol. The van der Waals surface area contributed by atoms with Crippen molar-refractivity contribution in [3.63, 3.8) is 0 Å². The van der Waals surface area contributed by atoms with Crippen molar-refractivity contribution in [2.75, 3.05) is 13.2 Å². The molecule has 0 fully saturated rings. The lowest BCUT2D eigenvalue weighted by Gasteiger charge is -2.23. The van der Waals surface area contributed by atoms with E-state index in [0.717, 1.165) is 0 Å². The summed E-state index contributed by atoms with van der Waals surface area (Å²) in [7, 11) is 0. The van der Waals surface area contributed by atoms with Crippen molar-refractivity contribution in [1.29, 1.82) is 0 Å². The zero-order chi connectivity index (χ0) is 13.3. The Balaban J connectivity index is 2.43. The SMILES string of the molecule is NC(Cc1c(O)c(Cl)cc2c1OCCO2)C(=O)O. The van der Waals surface area contributed by atoms with Gasteiger partial charge in [-0.3, -0.25) is 4.79 Å². The van der Waals surface area contributed by atoms with Gasteiger partial charge in [-0.15, -0.1) is 0 Å². The lowest BCUT2D eigenvalue weighted by Crippen LogP contribution is -2.32. The number of rotatable bonds is 3. The Labute approximate surface area is 108 Å². The van der Waals surface area contributed by atoms with Crippen molar-refractivity contribution in [2.45, 2.75) is 12.5 Å². The number of phenols is 1. The molecule has 2 rings (SSSR count). The zero-order valence-electron chi connectivity index (χ0n) is 9.35. The van der Waals surface area contributed by atoms with Gasteiger partial charge in [0.1, 0.15) is 25.0 Å². The standard InChI is InChI=1S/C11H12ClNO5/c12-6-4-8-10(18-2-1-17-8)5(9(6)14)3-7(13)11(15)16/h4,7,14H,1-3,13H2,(H,15,16). The molecule has 1 aliphatic rings. The van der Waals surface area contributed by atoms with Crippen LogP contribution in [0, 0.1) is 0 Å². The first kappa shape index (κ1) is 12.8. The summed E-state index contributed by atoms with van der Waals surface area (Å²) >= 11 is 5.84. The Kier molecular flexibility index (Phi) is 3.49. The Bertz CT molecular complexity index is 491. The van der Waals surface area contributed by atoms with Crippen LogP contribution in [-0.2, 0) is 11.2 Å². The van der Waals surface area contributed by atoms with Gasteiger partial charge < -0.3 is 25.4 Å². The third kappa shape index (κ3) is 2.30. The molecule has 1 aromatic rings. The number of hydrogen-bond donors (Lipinski definition) is 3. The van der Waals surface area contributed by atoms with Crippen molar-refractivity contribution in [3.8, 4) is 17.2 Å². The summed E-state index contributed by atoms with van der Waals surface area (Å²) < 4.78 is 10.7. The van der Waals surface area contributed by atoms with Crippen LogP contribution in [0.3, 0.4) is 0 Å². The van der Waals surface area contributed by atoms with Gasteiger partial charge in [-0.05, 0) is 0 Å². The molecule has 0 saturated heterocycles. The highest BCUT2D eigenvalue weighted by atomic mass is 35.5. The molecule has 0 aliphatic carbocycles. The molecular weight excluding hydrogens is 262 g/mol. The van der Waals surface area contributed by atoms with Gasteiger partial charge in [0.05, 0.1) is 5.02 Å². The first-order valence-electron chi connectivity index (χ1n) is 5.29. The quantitative estimate of drug-likeness (QED) is 0.752. The number of benzene rings is 1. The number of hydrogen-bond acceptors (Lipinski definition) is 5. The topological polar surface area (TPSA) is 102 Å². The Hall–Kier alpha value is -1.66. The van der Waals surface area contributed by atoms with Crippen LogP contribution in [0.1, 0.15) is 5.56 Å².